The van der Waals surface area contributed by atoms with Crippen LogP contribution in [0.5, 0.6) is 0 Å². The van der Waals surface area contributed by atoms with Crippen LogP contribution >= 0.6 is 15.9 Å². The van der Waals surface area contributed by atoms with Gasteiger partial charge in [0.25, 0.3) is 5.91 Å². The molecule has 2 aromatic rings. The standard InChI is InChI=1S/C13H14BrN3O3/c1-7-4-9(16-20-7)6-17(3)13(19)10-5-15-8(2)11(14)12(10)18/h4-5H,6H2,1-3H3,(H,15,18). The van der Waals surface area contributed by atoms with Gasteiger partial charge in [-0.3, -0.25) is 9.59 Å². The molecule has 0 radical (unpaired) electrons. The van der Waals surface area contributed by atoms with Crippen LogP contribution in [0.15, 0.2) is 26.1 Å². The van der Waals surface area contributed by atoms with E-state index in [1.54, 1.807) is 27.0 Å². The second-order valence-corrected chi connectivity index (χ2v) is 5.35. The van der Waals surface area contributed by atoms with E-state index in [4.69, 9.17) is 4.52 Å². The molecule has 0 atom stereocenters. The SMILES string of the molecule is Cc1cc(CN(C)C(=O)c2c[nH]c(C)c(Br)c2=O)no1. The number of aromatic nitrogens is 2. The molecule has 0 aliphatic heterocycles. The fourth-order valence-electron chi connectivity index (χ4n) is 1.77. The Morgan fingerprint density at radius 1 is 1.50 bits per heavy atom. The summed E-state index contributed by atoms with van der Waals surface area (Å²) in [5, 5.41) is 3.82. The van der Waals surface area contributed by atoms with E-state index < -0.39 is 0 Å². The molecule has 0 fully saturated rings. The number of H-pyrrole nitrogens is 1. The highest BCUT2D eigenvalue weighted by Crippen LogP contribution is 2.11. The average molecular weight is 340 g/mol. The first-order valence-corrected chi connectivity index (χ1v) is 6.75. The zero-order chi connectivity index (χ0) is 14.9. The van der Waals surface area contributed by atoms with Crippen LogP contribution in [0.1, 0.15) is 27.5 Å². The Morgan fingerprint density at radius 2 is 2.20 bits per heavy atom. The molecule has 2 rings (SSSR count). The minimum Gasteiger partial charge on any atom is -0.363 e. The van der Waals surface area contributed by atoms with Crippen molar-refractivity contribution in [2.75, 3.05) is 7.05 Å². The van der Waals surface area contributed by atoms with Gasteiger partial charge < -0.3 is 14.4 Å². The maximum Gasteiger partial charge on any atom is 0.259 e. The predicted molar refractivity (Wildman–Crippen MR) is 76.5 cm³/mol. The fourth-order valence-corrected chi connectivity index (χ4v) is 2.10. The number of aromatic amines is 1. The third kappa shape index (κ3) is 2.82. The molecule has 0 aliphatic rings. The summed E-state index contributed by atoms with van der Waals surface area (Å²) >= 11 is 3.18. The highest BCUT2D eigenvalue weighted by atomic mass is 79.9. The summed E-state index contributed by atoms with van der Waals surface area (Å²) in [7, 11) is 1.61. The van der Waals surface area contributed by atoms with E-state index >= 15 is 0 Å². The number of hydrogen-bond acceptors (Lipinski definition) is 4. The summed E-state index contributed by atoms with van der Waals surface area (Å²) in [5.41, 5.74) is 1.09. The maximum absolute atomic E-state index is 12.3. The van der Waals surface area contributed by atoms with E-state index in [9.17, 15) is 9.59 Å². The van der Waals surface area contributed by atoms with E-state index in [1.807, 2.05) is 0 Å². The summed E-state index contributed by atoms with van der Waals surface area (Å²) < 4.78 is 5.32. The Balaban J connectivity index is 2.23. The first kappa shape index (κ1) is 14.5. The van der Waals surface area contributed by atoms with Crippen molar-refractivity contribution in [3.8, 4) is 0 Å². The van der Waals surface area contributed by atoms with Crippen molar-refractivity contribution in [1.29, 1.82) is 0 Å². The third-order valence-electron chi connectivity index (χ3n) is 2.86. The van der Waals surface area contributed by atoms with Gasteiger partial charge in [-0.15, -0.1) is 0 Å². The van der Waals surface area contributed by atoms with Crippen LogP contribution in [-0.2, 0) is 6.54 Å². The van der Waals surface area contributed by atoms with Gasteiger partial charge in [-0.05, 0) is 29.8 Å². The first-order valence-electron chi connectivity index (χ1n) is 5.95. The zero-order valence-corrected chi connectivity index (χ0v) is 12.9. The second-order valence-electron chi connectivity index (χ2n) is 4.56. The molecule has 0 unspecified atom stereocenters. The lowest BCUT2D eigenvalue weighted by molar-refractivity contribution is 0.0780. The van der Waals surface area contributed by atoms with Gasteiger partial charge in [0, 0.05) is 25.0 Å². The predicted octanol–water partition coefficient (Wildman–Crippen LogP) is 2.01. The Hall–Kier alpha value is -1.89. The van der Waals surface area contributed by atoms with Crippen LogP contribution < -0.4 is 5.43 Å². The lowest BCUT2D eigenvalue weighted by Crippen LogP contribution is -2.31. The Bertz CT molecular complexity index is 705. The Kier molecular flexibility index (Phi) is 4.08. The topological polar surface area (TPSA) is 79.2 Å². The summed E-state index contributed by atoms with van der Waals surface area (Å²) in [5.74, 6) is 0.310. The number of halogens is 1. The monoisotopic (exact) mass is 339 g/mol. The molecule has 0 saturated carbocycles. The Labute approximate surface area is 123 Å². The molecule has 7 heteroatoms. The highest BCUT2D eigenvalue weighted by molar-refractivity contribution is 9.10. The number of aryl methyl sites for hydroxylation is 2. The minimum absolute atomic E-state index is 0.0881. The summed E-state index contributed by atoms with van der Waals surface area (Å²) in [4.78, 5) is 28.6. The van der Waals surface area contributed by atoms with Crippen LogP contribution in [0, 0.1) is 13.8 Å². The number of amides is 1. The van der Waals surface area contributed by atoms with Gasteiger partial charge >= 0.3 is 0 Å². The molecule has 0 aromatic carbocycles. The maximum atomic E-state index is 12.3. The van der Waals surface area contributed by atoms with Gasteiger partial charge in [-0.25, -0.2) is 0 Å². The van der Waals surface area contributed by atoms with E-state index in [0.717, 1.165) is 0 Å². The molecule has 0 spiro atoms. The molecule has 1 N–H and O–H groups in total. The van der Waals surface area contributed by atoms with E-state index in [1.165, 1.54) is 11.1 Å². The van der Waals surface area contributed by atoms with E-state index in [0.29, 0.717) is 21.6 Å². The number of hydrogen-bond donors (Lipinski definition) is 1. The third-order valence-corrected chi connectivity index (χ3v) is 3.81. The normalized spacial score (nSPS) is 10.6. The van der Waals surface area contributed by atoms with Crippen molar-refractivity contribution in [2.45, 2.75) is 20.4 Å². The van der Waals surface area contributed by atoms with Gasteiger partial charge in [0.15, 0.2) is 0 Å². The van der Waals surface area contributed by atoms with Crippen LogP contribution in [-0.4, -0.2) is 28.0 Å². The molecular weight excluding hydrogens is 326 g/mol. The lowest BCUT2D eigenvalue weighted by atomic mass is 10.2. The summed E-state index contributed by atoms with van der Waals surface area (Å²) in [6.45, 7) is 3.81. The molecule has 6 nitrogen and oxygen atoms in total. The van der Waals surface area contributed by atoms with Gasteiger partial charge in [0.05, 0.1) is 11.0 Å². The fraction of sp³-hybridized carbons (Fsp3) is 0.308. The number of nitrogens with zero attached hydrogens (tertiary/aromatic N) is 2. The van der Waals surface area contributed by atoms with Gasteiger partial charge in [0.1, 0.15) is 17.0 Å². The molecule has 106 valence electrons. The highest BCUT2D eigenvalue weighted by Gasteiger charge is 2.18. The molecule has 1 amide bonds. The summed E-state index contributed by atoms with van der Waals surface area (Å²) in [6, 6.07) is 1.75. The van der Waals surface area contributed by atoms with Crippen LogP contribution in [0.4, 0.5) is 0 Å². The molecule has 2 aromatic heterocycles. The number of carbonyl (C=O) groups excluding carboxylic acids is 1. The van der Waals surface area contributed by atoms with Crippen LogP contribution in [0.3, 0.4) is 0 Å². The van der Waals surface area contributed by atoms with Crippen molar-refractivity contribution < 1.29 is 9.32 Å². The van der Waals surface area contributed by atoms with Crippen LogP contribution in [0.25, 0.3) is 0 Å². The quantitative estimate of drug-likeness (QED) is 0.927. The van der Waals surface area contributed by atoms with Gasteiger partial charge in [0.2, 0.25) is 5.43 Å². The number of carbonyl (C=O) groups is 1. The molecule has 20 heavy (non-hydrogen) atoms. The van der Waals surface area contributed by atoms with Crippen LogP contribution in [0.2, 0.25) is 0 Å². The molecular formula is C13H14BrN3O3. The summed E-state index contributed by atoms with van der Waals surface area (Å²) in [6.07, 6.45) is 1.43. The average Bonchev–Trinajstić information content (AvgIpc) is 2.81. The second kappa shape index (κ2) is 5.62. The number of rotatable bonds is 3. The van der Waals surface area contributed by atoms with E-state index in [2.05, 4.69) is 26.1 Å². The van der Waals surface area contributed by atoms with Crippen molar-refractivity contribution in [1.82, 2.24) is 15.0 Å². The zero-order valence-electron chi connectivity index (χ0n) is 11.4. The number of pyridine rings is 1. The lowest BCUT2D eigenvalue weighted by Gasteiger charge is -2.15. The minimum atomic E-state index is -0.368. The molecule has 2 heterocycles. The molecule has 0 bridgehead atoms. The molecule has 0 aliphatic carbocycles. The first-order chi connectivity index (χ1) is 9.40. The van der Waals surface area contributed by atoms with Crippen molar-refractivity contribution in [3.05, 3.63) is 49.7 Å². The van der Waals surface area contributed by atoms with Gasteiger partial charge in [-0.2, -0.15) is 0 Å². The smallest absolute Gasteiger partial charge is 0.259 e. The van der Waals surface area contributed by atoms with Gasteiger partial charge in [-0.1, -0.05) is 5.16 Å². The van der Waals surface area contributed by atoms with Crippen molar-refractivity contribution in [3.63, 3.8) is 0 Å². The van der Waals surface area contributed by atoms with Crippen molar-refractivity contribution >= 4 is 21.8 Å². The van der Waals surface area contributed by atoms with Crippen molar-refractivity contribution in [2.24, 2.45) is 0 Å². The molecule has 0 saturated heterocycles. The largest absolute Gasteiger partial charge is 0.363 e. The Morgan fingerprint density at radius 3 is 2.80 bits per heavy atom. The van der Waals surface area contributed by atoms with E-state index in [-0.39, 0.29) is 23.4 Å². The number of nitrogens with one attached hydrogen (secondary N) is 1.